The van der Waals surface area contributed by atoms with Gasteiger partial charge in [0.25, 0.3) is 5.52 Å². The molecule has 3 heteroatoms. The summed E-state index contributed by atoms with van der Waals surface area (Å²) in [6.07, 6.45) is 2.32. The smallest absolute Gasteiger partial charge is 0.262 e. The van der Waals surface area contributed by atoms with Crippen molar-refractivity contribution in [2.45, 2.75) is 85.7 Å². The van der Waals surface area contributed by atoms with Gasteiger partial charge in [0.05, 0.1) is 11.0 Å². The number of nitrogens with zero attached hydrogens (tertiary/aromatic N) is 2. The zero-order valence-electron chi connectivity index (χ0n) is 32.1. The van der Waals surface area contributed by atoms with E-state index < -0.39 is 0 Å². The monoisotopic (exact) mass is 691 g/mol. The lowest BCUT2D eigenvalue weighted by Gasteiger charge is -2.20. The van der Waals surface area contributed by atoms with Crippen molar-refractivity contribution in [3.63, 3.8) is 0 Å². The van der Waals surface area contributed by atoms with Gasteiger partial charge in [-0.15, -0.1) is 0 Å². The highest BCUT2D eigenvalue weighted by Gasteiger charge is 2.32. The van der Waals surface area contributed by atoms with Gasteiger partial charge in [0.1, 0.15) is 11.0 Å². The standard InChI is InChI=1S/C50H47N2O/c1-27(2)32-15-11-16-33(28(3)4)43(32)31-19-21-41-40(25-31)45-37-14-10-9-13-36(37)38-20-22-42-47-46(38)48(45)52(41)26-51-24-23-39(50(53-42)49(47)51)44-34(29(5)6)17-12-18-35(44)30(7)8/h9-25,27-30H,26H2,1-8H3/q+1. The van der Waals surface area contributed by atoms with Crippen molar-refractivity contribution < 1.29 is 8.98 Å². The third kappa shape index (κ3) is 4.43. The van der Waals surface area contributed by atoms with Gasteiger partial charge in [-0.3, -0.25) is 4.57 Å². The Morgan fingerprint density at radius 1 is 0.547 bits per heavy atom. The van der Waals surface area contributed by atoms with E-state index in [9.17, 15) is 0 Å². The van der Waals surface area contributed by atoms with Gasteiger partial charge in [-0.2, -0.15) is 4.57 Å². The molecule has 0 radical (unpaired) electrons. The Bertz CT molecular complexity index is 2930. The lowest BCUT2D eigenvalue weighted by atomic mass is 9.84. The Labute approximate surface area is 311 Å². The van der Waals surface area contributed by atoms with Crippen LogP contribution in [0.3, 0.4) is 0 Å². The van der Waals surface area contributed by atoms with E-state index in [2.05, 4.69) is 168 Å². The van der Waals surface area contributed by atoms with E-state index >= 15 is 0 Å². The zero-order valence-corrected chi connectivity index (χ0v) is 32.1. The Morgan fingerprint density at radius 2 is 1.15 bits per heavy atom. The lowest BCUT2D eigenvalue weighted by Crippen LogP contribution is -2.37. The molecule has 0 fully saturated rings. The molecule has 0 spiro atoms. The molecule has 1 aliphatic heterocycles. The molecule has 0 bridgehead atoms. The van der Waals surface area contributed by atoms with Crippen LogP contribution in [0, 0.1) is 0 Å². The molecule has 0 aliphatic carbocycles. The van der Waals surface area contributed by atoms with Crippen LogP contribution < -0.4 is 4.57 Å². The first-order chi connectivity index (χ1) is 25.6. The fourth-order valence-corrected chi connectivity index (χ4v) is 9.76. The van der Waals surface area contributed by atoms with Crippen LogP contribution in [0.25, 0.3) is 87.7 Å². The Kier molecular flexibility index (Phi) is 7.03. The van der Waals surface area contributed by atoms with Crippen LogP contribution in [0.15, 0.2) is 108 Å². The summed E-state index contributed by atoms with van der Waals surface area (Å²) in [6, 6.07) is 36.9. The fourth-order valence-electron chi connectivity index (χ4n) is 9.76. The van der Waals surface area contributed by atoms with Crippen LogP contribution >= 0.6 is 0 Å². The number of rotatable bonds is 6. The maximum atomic E-state index is 7.08. The summed E-state index contributed by atoms with van der Waals surface area (Å²) in [5, 5.41) is 9.04. The van der Waals surface area contributed by atoms with Gasteiger partial charge in [0.15, 0.2) is 6.20 Å². The highest BCUT2D eigenvalue weighted by molar-refractivity contribution is 6.38. The van der Waals surface area contributed by atoms with E-state index in [-0.39, 0.29) is 0 Å². The average molecular weight is 692 g/mol. The summed E-state index contributed by atoms with van der Waals surface area (Å²) in [7, 11) is 0. The maximum absolute atomic E-state index is 7.08. The maximum Gasteiger partial charge on any atom is 0.262 e. The van der Waals surface area contributed by atoms with Crippen molar-refractivity contribution in [3.8, 4) is 22.3 Å². The predicted molar refractivity (Wildman–Crippen MR) is 225 cm³/mol. The fraction of sp³-hybridized carbons (Fsp3) is 0.260. The quantitative estimate of drug-likeness (QED) is 0.126. The van der Waals surface area contributed by atoms with Crippen molar-refractivity contribution in [1.29, 1.82) is 0 Å². The molecule has 0 N–H and O–H groups in total. The molecule has 9 aromatic rings. The first-order valence-corrected chi connectivity index (χ1v) is 19.6. The van der Waals surface area contributed by atoms with Gasteiger partial charge in [0, 0.05) is 27.8 Å². The van der Waals surface area contributed by atoms with Crippen molar-refractivity contribution in [2.24, 2.45) is 0 Å². The van der Waals surface area contributed by atoms with E-state index in [4.69, 9.17) is 4.42 Å². The predicted octanol–water partition coefficient (Wildman–Crippen LogP) is 13.9. The largest absolute Gasteiger partial charge is 0.449 e. The summed E-state index contributed by atoms with van der Waals surface area (Å²) in [4.78, 5) is 0. The molecule has 1 aliphatic rings. The Balaban J connectivity index is 1.37. The van der Waals surface area contributed by atoms with Crippen LogP contribution in [0.2, 0.25) is 0 Å². The molecule has 262 valence electrons. The topological polar surface area (TPSA) is 21.9 Å². The minimum Gasteiger partial charge on any atom is -0.449 e. The second-order valence-electron chi connectivity index (χ2n) is 16.7. The molecule has 0 atom stereocenters. The van der Waals surface area contributed by atoms with E-state index in [0.717, 1.165) is 11.2 Å². The third-order valence-corrected chi connectivity index (χ3v) is 12.2. The molecule has 4 heterocycles. The van der Waals surface area contributed by atoms with Crippen LogP contribution in [0.1, 0.15) is 101 Å². The number of benzene rings is 6. The highest BCUT2D eigenvalue weighted by Crippen LogP contribution is 2.49. The highest BCUT2D eigenvalue weighted by atomic mass is 16.3. The van der Waals surface area contributed by atoms with Crippen molar-refractivity contribution in [2.75, 3.05) is 0 Å². The number of aromatic nitrogens is 2. The molecule has 3 nitrogen and oxygen atoms in total. The van der Waals surface area contributed by atoms with Gasteiger partial charge >= 0.3 is 0 Å². The summed E-state index contributed by atoms with van der Waals surface area (Å²) in [5.41, 5.74) is 16.5. The van der Waals surface area contributed by atoms with Crippen LogP contribution in [0.5, 0.6) is 0 Å². The van der Waals surface area contributed by atoms with E-state index in [1.165, 1.54) is 98.8 Å². The molecule has 0 unspecified atom stereocenters. The van der Waals surface area contributed by atoms with Crippen molar-refractivity contribution in [1.82, 2.24) is 4.57 Å². The van der Waals surface area contributed by atoms with Crippen molar-refractivity contribution in [3.05, 3.63) is 126 Å². The number of hydrogen-bond donors (Lipinski definition) is 0. The lowest BCUT2D eigenvalue weighted by molar-refractivity contribution is -0.674. The molecule has 0 saturated carbocycles. The minimum absolute atomic E-state index is 0.388. The van der Waals surface area contributed by atoms with Gasteiger partial charge in [0.2, 0.25) is 12.3 Å². The Hall–Kier alpha value is -5.41. The minimum atomic E-state index is 0.388. The number of furan rings is 1. The van der Waals surface area contributed by atoms with E-state index in [1.807, 2.05) is 0 Å². The molecule has 3 aromatic heterocycles. The van der Waals surface area contributed by atoms with Gasteiger partial charge in [-0.05, 0) is 103 Å². The molecule has 0 amide bonds. The Morgan fingerprint density at radius 3 is 1.79 bits per heavy atom. The number of hydrogen-bond acceptors (Lipinski definition) is 1. The molecule has 0 saturated heterocycles. The summed E-state index contributed by atoms with van der Waals surface area (Å²) >= 11 is 0. The second kappa shape index (κ2) is 11.5. The van der Waals surface area contributed by atoms with Crippen LogP contribution in [0.4, 0.5) is 0 Å². The summed E-state index contributed by atoms with van der Waals surface area (Å²) < 4.78 is 12.1. The first-order valence-electron chi connectivity index (χ1n) is 19.6. The van der Waals surface area contributed by atoms with Gasteiger partial charge in [-0.1, -0.05) is 122 Å². The molecular weight excluding hydrogens is 645 g/mol. The van der Waals surface area contributed by atoms with Crippen LogP contribution in [-0.4, -0.2) is 4.57 Å². The molecule has 6 aromatic carbocycles. The van der Waals surface area contributed by atoms with Gasteiger partial charge < -0.3 is 4.42 Å². The van der Waals surface area contributed by atoms with E-state index in [0.29, 0.717) is 30.3 Å². The third-order valence-electron chi connectivity index (χ3n) is 12.2. The van der Waals surface area contributed by atoms with Crippen LogP contribution in [-0.2, 0) is 6.67 Å². The van der Waals surface area contributed by atoms with E-state index in [1.54, 1.807) is 0 Å². The van der Waals surface area contributed by atoms with Gasteiger partial charge in [-0.25, -0.2) is 0 Å². The second-order valence-corrected chi connectivity index (χ2v) is 16.7. The first kappa shape index (κ1) is 32.3. The SMILES string of the molecule is CC(C)c1cccc(C(C)C)c1-c1ccc2c(c1)c1c3ccccc3c3ccc4oc5c(-c6c(C(C)C)cccc6C(C)C)cc[n+]6c5c4c3c1n2C6. The molecule has 10 rings (SSSR count). The molecule has 53 heavy (non-hydrogen) atoms. The average Bonchev–Trinajstić information content (AvgIpc) is 3.65. The normalized spacial score (nSPS) is 13.1. The summed E-state index contributed by atoms with van der Waals surface area (Å²) in [6.45, 7) is 19.2. The zero-order chi connectivity index (χ0) is 36.4. The molecular formula is C50H47N2O+. The summed E-state index contributed by atoms with van der Waals surface area (Å²) in [5.74, 6) is 1.63. The number of pyridine rings is 1. The number of fused-ring (bicyclic) bond motifs is 6. The van der Waals surface area contributed by atoms with Crippen molar-refractivity contribution >= 4 is 65.4 Å².